The molecule has 1 atom stereocenters. The molecule has 0 spiro atoms. The Balaban J connectivity index is 1.46. The van der Waals surface area contributed by atoms with E-state index in [0.717, 1.165) is 57.5 Å². The molecular weight excluding hydrogens is 302 g/mol. The lowest BCUT2D eigenvalue weighted by molar-refractivity contribution is -0.131. The first-order chi connectivity index (χ1) is 11.6. The maximum absolute atomic E-state index is 12.5. The van der Waals surface area contributed by atoms with Gasteiger partial charge in [0, 0.05) is 38.4 Å². The fourth-order valence-corrected chi connectivity index (χ4v) is 3.87. The number of likely N-dealkylation sites (tertiary alicyclic amines) is 2. The van der Waals surface area contributed by atoms with Crippen LogP contribution in [0.15, 0.2) is 30.3 Å². The van der Waals surface area contributed by atoms with Crippen molar-refractivity contribution in [3.63, 3.8) is 0 Å². The predicted molar refractivity (Wildman–Crippen MR) is 96.1 cm³/mol. The van der Waals surface area contributed by atoms with Crippen LogP contribution >= 0.6 is 0 Å². The summed E-state index contributed by atoms with van der Waals surface area (Å²) in [5.41, 5.74) is 1.07. The van der Waals surface area contributed by atoms with Gasteiger partial charge in [0.1, 0.15) is 0 Å². The van der Waals surface area contributed by atoms with Gasteiger partial charge in [-0.2, -0.15) is 0 Å². The number of likely N-dealkylation sites (N-methyl/N-ethyl adjacent to an activating group) is 1. The molecule has 0 unspecified atom stereocenters. The Morgan fingerprint density at radius 2 is 1.88 bits per heavy atom. The van der Waals surface area contributed by atoms with Crippen LogP contribution in [0.3, 0.4) is 0 Å². The summed E-state index contributed by atoms with van der Waals surface area (Å²) in [6, 6.07) is 10.6. The first-order valence-corrected chi connectivity index (χ1v) is 9.09. The van der Waals surface area contributed by atoms with Crippen LogP contribution in [0.5, 0.6) is 0 Å². The van der Waals surface area contributed by atoms with Crippen molar-refractivity contribution >= 4 is 11.6 Å². The molecule has 0 aliphatic carbocycles. The lowest BCUT2D eigenvalue weighted by Gasteiger charge is -2.41. The largest absolute Gasteiger partial charge is 0.392 e. The van der Waals surface area contributed by atoms with Crippen LogP contribution in [-0.2, 0) is 4.79 Å². The molecule has 2 fully saturated rings. The summed E-state index contributed by atoms with van der Waals surface area (Å²) < 4.78 is 0. The van der Waals surface area contributed by atoms with Gasteiger partial charge in [0.2, 0.25) is 5.91 Å². The number of aliphatic hydroxyl groups is 1. The highest BCUT2D eigenvalue weighted by molar-refractivity contribution is 5.81. The molecule has 1 aromatic rings. The number of nitrogens with zero attached hydrogens (tertiary/aromatic N) is 3. The van der Waals surface area contributed by atoms with E-state index in [1.807, 2.05) is 47.2 Å². The third-order valence-corrected chi connectivity index (χ3v) is 5.33. The van der Waals surface area contributed by atoms with Gasteiger partial charge < -0.3 is 14.9 Å². The lowest BCUT2D eigenvalue weighted by atomic mass is 9.99. The van der Waals surface area contributed by atoms with Crippen molar-refractivity contribution in [3.05, 3.63) is 30.3 Å². The highest BCUT2D eigenvalue weighted by Gasteiger charge is 2.29. The van der Waals surface area contributed by atoms with Crippen LogP contribution in [0.25, 0.3) is 0 Å². The molecule has 1 amide bonds. The average molecular weight is 331 g/mol. The number of β-amino-alcohol motifs (C(OH)–C–C–N with tert-alkyl or cyclic N) is 1. The zero-order valence-corrected chi connectivity index (χ0v) is 14.6. The van der Waals surface area contributed by atoms with Crippen LogP contribution < -0.4 is 4.90 Å². The number of rotatable bonds is 4. The first kappa shape index (κ1) is 17.2. The Kier molecular flexibility index (Phi) is 5.74. The van der Waals surface area contributed by atoms with Crippen molar-refractivity contribution in [2.24, 2.45) is 0 Å². The van der Waals surface area contributed by atoms with Crippen molar-refractivity contribution in [3.8, 4) is 0 Å². The van der Waals surface area contributed by atoms with E-state index >= 15 is 0 Å². The molecule has 2 aliphatic rings. The third kappa shape index (κ3) is 4.28. The maximum atomic E-state index is 12.5. The fourth-order valence-electron chi connectivity index (χ4n) is 3.87. The number of anilines is 1. The van der Waals surface area contributed by atoms with Crippen molar-refractivity contribution in [1.82, 2.24) is 9.80 Å². The van der Waals surface area contributed by atoms with Crippen LogP contribution in [0.1, 0.15) is 25.7 Å². The van der Waals surface area contributed by atoms with Crippen LogP contribution in [-0.4, -0.2) is 72.7 Å². The van der Waals surface area contributed by atoms with Crippen LogP contribution in [0.2, 0.25) is 0 Å². The number of carbonyl (C=O) groups excluding carboxylic acids is 1. The predicted octanol–water partition coefficient (Wildman–Crippen LogP) is 1.57. The molecule has 0 bridgehead atoms. The lowest BCUT2D eigenvalue weighted by Crippen LogP contribution is -2.51. The summed E-state index contributed by atoms with van der Waals surface area (Å²) in [7, 11) is 1.97. The third-order valence-electron chi connectivity index (χ3n) is 5.33. The first-order valence-electron chi connectivity index (χ1n) is 9.09. The normalized spacial score (nSPS) is 23.2. The van der Waals surface area contributed by atoms with E-state index in [0.29, 0.717) is 12.6 Å². The average Bonchev–Trinajstić information content (AvgIpc) is 2.62. The van der Waals surface area contributed by atoms with E-state index in [1.165, 1.54) is 0 Å². The van der Waals surface area contributed by atoms with Crippen molar-refractivity contribution in [2.75, 3.05) is 44.7 Å². The summed E-state index contributed by atoms with van der Waals surface area (Å²) in [6.45, 7) is 3.98. The second-order valence-electron chi connectivity index (χ2n) is 7.09. The summed E-state index contributed by atoms with van der Waals surface area (Å²) in [6.07, 6.45) is 3.89. The zero-order chi connectivity index (χ0) is 16.9. The number of piperidine rings is 2. The van der Waals surface area contributed by atoms with Gasteiger partial charge >= 0.3 is 0 Å². The molecule has 0 aromatic heterocycles. The van der Waals surface area contributed by atoms with Gasteiger partial charge in [0.25, 0.3) is 0 Å². The highest BCUT2D eigenvalue weighted by Crippen LogP contribution is 2.21. The van der Waals surface area contributed by atoms with E-state index in [9.17, 15) is 9.90 Å². The minimum absolute atomic E-state index is 0.169. The number of hydrogen-bond donors (Lipinski definition) is 1. The molecule has 5 heteroatoms. The number of aliphatic hydroxyl groups excluding tert-OH is 1. The van der Waals surface area contributed by atoms with Gasteiger partial charge in [-0.3, -0.25) is 9.69 Å². The molecule has 3 rings (SSSR count). The monoisotopic (exact) mass is 331 g/mol. The Morgan fingerprint density at radius 3 is 2.54 bits per heavy atom. The van der Waals surface area contributed by atoms with Crippen molar-refractivity contribution in [1.29, 1.82) is 0 Å². The van der Waals surface area contributed by atoms with Crippen LogP contribution in [0, 0.1) is 0 Å². The Bertz CT molecular complexity index is 529. The van der Waals surface area contributed by atoms with E-state index in [4.69, 9.17) is 0 Å². The summed E-state index contributed by atoms with van der Waals surface area (Å²) in [4.78, 5) is 19.0. The highest BCUT2D eigenvalue weighted by atomic mass is 16.3. The van der Waals surface area contributed by atoms with Gasteiger partial charge in [-0.25, -0.2) is 0 Å². The van der Waals surface area contributed by atoms with Gasteiger partial charge in [-0.15, -0.1) is 0 Å². The Morgan fingerprint density at radius 1 is 1.17 bits per heavy atom. The molecule has 2 aliphatic heterocycles. The smallest absolute Gasteiger partial charge is 0.242 e. The number of benzene rings is 1. The number of para-hydroxylation sites is 1. The van der Waals surface area contributed by atoms with Gasteiger partial charge in [0.05, 0.1) is 12.6 Å². The molecule has 24 heavy (non-hydrogen) atoms. The summed E-state index contributed by atoms with van der Waals surface area (Å²) in [5, 5.41) is 9.85. The van der Waals surface area contributed by atoms with Crippen molar-refractivity contribution in [2.45, 2.75) is 37.8 Å². The molecule has 5 nitrogen and oxygen atoms in total. The van der Waals surface area contributed by atoms with Gasteiger partial charge in [0.15, 0.2) is 0 Å². The summed E-state index contributed by atoms with van der Waals surface area (Å²) in [5.74, 6) is 0.207. The number of amides is 1. The fraction of sp³-hybridized carbons (Fsp3) is 0.632. The molecule has 1 aromatic carbocycles. The molecule has 2 heterocycles. The van der Waals surface area contributed by atoms with E-state index in [2.05, 4.69) is 4.90 Å². The number of hydrogen-bond acceptors (Lipinski definition) is 4. The second-order valence-corrected chi connectivity index (χ2v) is 7.09. The van der Waals surface area contributed by atoms with Crippen LogP contribution in [0.4, 0.5) is 5.69 Å². The maximum Gasteiger partial charge on any atom is 0.242 e. The van der Waals surface area contributed by atoms with Gasteiger partial charge in [-0.05, 0) is 44.4 Å². The molecule has 0 saturated carbocycles. The minimum atomic E-state index is -0.169. The molecule has 2 saturated heterocycles. The standard InChI is InChI=1S/C19H29N3O2/c1-20(16-6-3-2-4-7-16)15-19(24)21-12-9-17(10-13-21)22-11-5-8-18(23)14-22/h2-4,6-7,17-18,23H,5,8-15H2,1H3/t18-/m0/s1. The molecule has 1 N–H and O–H groups in total. The van der Waals surface area contributed by atoms with E-state index < -0.39 is 0 Å². The Labute approximate surface area is 144 Å². The van der Waals surface area contributed by atoms with Gasteiger partial charge in [-0.1, -0.05) is 18.2 Å². The topological polar surface area (TPSA) is 47.0 Å². The molecular formula is C19H29N3O2. The zero-order valence-electron chi connectivity index (χ0n) is 14.6. The molecule has 0 radical (unpaired) electrons. The summed E-state index contributed by atoms with van der Waals surface area (Å²) >= 11 is 0. The quantitative estimate of drug-likeness (QED) is 0.910. The molecule has 132 valence electrons. The van der Waals surface area contributed by atoms with E-state index in [-0.39, 0.29) is 12.0 Å². The second kappa shape index (κ2) is 7.99. The van der Waals surface area contributed by atoms with E-state index in [1.54, 1.807) is 0 Å². The SMILES string of the molecule is CN(CC(=O)N1CCC(N2CCC[C@H](O)C2)CC1)c1ccccc1. The van der Waals surface area contributed by atoms with Crippen molar-refractivity contribution < 1.29 is 9.90 Å². The minimum Gasteiger partial charge on any atom is -0.392 e. The number of carbonyl (C=O) groups is 1. The Hall–Kier alpha value is -1.59.